The SMILES string of the molecule is Cc1ccccc1-n1c(SC(C)C(=O)Nc2ccc(OC(F)(F)F)cc2)nnc1-c1cccnc1. The van der Waals surface area contributed by atoms with Crippen LogP contribution < -0.4 is 10.1 Å². The number of anilines is 1. The number of hydrogen-bond acceptors (Lipinski definition) is 6. The molecule has 4 aromatic rings. The lowest BCUT2D eigenvalue weighted by atomic mass is 10.2. The third-order valence-electron chi connectivity index (χ3n) is 4.92. The van der Waals surface area contributed by atoms with Crippen LogP contribution in [0.1, 0.15) is 12.5 Å². The van der Waals surface area contributed by atoms with E-state index >= 15 is 0 Å². The maximum Gasteiger partial charge on any atom is 0.573 e. The Morgan fingerprint density at radius 3 is 2.46 bits per heavy atom. The number of nitrogens with one attached hydrogen (secondary N) is 1. The monoisotopic (exact) mass is 499 g/mol. The quantitative estimate of drug-likeness (QED) is 0.331. The van der Waals surface area contributed by atoms with E-state index in [2.05, 4.69) is 25.2 Å². The van der Waals surface area contributed by atoms with Crippen LogP contribution in [0.3, 0.4) is 0 Å². The van der Waals surface area contributed by atoms with Crippen molar-refractivity contribution in [3.8, 4) is 22.8 Å². The lowest BCUT2D eigenvalue weighted by Gasteiger charge is -2.15. The number of alkyl halides is 3. The number of aryl methyl sites for hydroxylation is 1. The molecule has 0 aliphatic heterocycles. The van der Waals surface area contributed by atoms with E-state index in [0.29, 0.717) is 16.7 Å². The summed E-state index contributed by atoms with van der Waals surface area (Å²) in [6.45, 7) is 3.68. The first-order valence-electron chi connectivity index (χ1n) is 10.5. The number of benzene rings is 2. The van der Waals surface area contributed by atoms with Gasteiger partial charge < -0.3 is 10.1 Å². The molecule has 1 amide bonds. The Labute approximate surface area is 203 Å². The van der Waals surface area contributed by atoms with E-state index in [9.17, 15) is 18.0 Å². The number of ether oxygens (including phenoxy) is 1. The summed E-state index contributed by atoms with van der Waals surface area (Å²) in [5.74, 6) is -0.128. The molecule has 0 radical (unpaired) electrons. The second-order valence-corrected chi connectivity index (χ2v) is 8.80. The van der Waals surface area contributed by atoms with Gasteiger partial charge in [-0.1, -0.05) is 30.0 Å². The fourth-order valence-corrected chi connectivity index (χ4v) is 4.12. The Hall–Kier alpha value is -3.86. The van der Waals surface area contributed by atoms with Gasteiger partial charge in [0.2, 0.25) is 5.91 Å². The first-order chi connectivity index (χ1) is 16.7. The Kier molecular flexibility index (Phi) is 7.06. The molecule has 0 saturated carbocycles. The maximum absolute atomic E-state index is 12.8. The Bertz CT molecular complexity index is 1310. The molecule has 0 fully saturated rings. The first kappa shape index (κ1) is 24.3. The van der Waals surface area contributed by atoms with Crippen LogP contribution in [-0.2, 0) is 4.79 Å². The fraction of sp³-hybridized carbons (Fsp3) is 0.167. The Morgan fingerprint density at radius 2 is 1.80 bits per heavy atom. The highest BCUT2D eigenvalue weighted by atomic mass is 32.2. The van der Waals surface area contributed by atoms with Crippen molar-refractivity contribution in [1.29, 1.82) is 0 Å². The summed E-state index contributed by atoms with van der Waals surface area (Å²) >= 11 is 1.21. The average Bonchev–Trinajstić information content (AvgIpc) is 3.23. The molecular weight excluding hydrogens is 479 g/mol. The normalized spacial score (nSPS) is 12.3. The van der Waals surface area contributed by atoms with E-state index in [1.165, 1.54) is 23.9 Å². The fourth-order valence-electron chi connectivity index (χ4n) is 3.26. The number of hydrogen-bond donors (Lipinski definition) is 1. The number of thioether (sulfide) groups is 1. The lowest BCUT2D eigenvalue weighted by molar-refractivity contribution is -0.274. The number of aromatic nitrogens is 4. The number of pyridine rings is 1. The summed E-state index contributed by atoms with van der Waals surface area (Å²) in [6, 6.07) is 16.4. The minimum absolute atomic E-state index is 0.341. The van der Waals surface area contributed by atoms with E-state index < -0.39 is 11.6 Å². The lowest BCUT2D eigenvalue weighted by Crippen LogP contribution is -2.23. The zero-order valence-corrected chi connectivity index (χ0v) is 19.5. The standard InChI is InChI=1S/C24H20F3N5O2S/c1-15-6-3-4-8-20(15)32-21(17-7-5-13-28-14-17)30-31-23(32)35-16(2)22(33)29-18-9-11-19(12-10-18)34-24(25,26)27/h3-14,16H,1-2H3,(H,29,33). The molecule has 180 valence electrons. The number of carbonyl (C=O) groups is 1. The second kappa shape index (κ2) is 10.2. The van der Waals surface area contributed by atoms with Gasteiger partial charge in [-0.25, -0.2) is 0 Å². The molecule has 0 aliphatic carbocycles. The van der Waals surface area contributed by atoms with Crippen molar-refractivity contribution in [2.24, 2.45) is 0 Å². The van der Waals surface area contributed by atoms with E-state index in [4.69, 9.17) is 0 Å². The van der Waals surface area contributed by atoms with Gasteiger partial charge in [0.25, 0.3) is 0 Å². The summed E-state index contributed by atoms with van der Waals surface area (Å²) in [7, 11) is 0. The first-order valence-corrected chi connectivity index (χ1v) is 11.3. The number of halogens is 3. The van der Waals surface area contributed by atoms with Crippen molar-refractivity contribution >= 4 is 23.4 Å². The third kappa shape index (κ3) is 5.99. The molecule has 1 unspecified atom stereocenters. The van der Waals surface area contributed by atoms with Gasteiger partial charge in [-0.05, 0) is 61.9 Å². The zero-order valence-electron chi connectivity index (χ0n) is 18.7. The summed E-state index contributed by atoms with van der Waals surface area (Å²) in [6.07, 6.45) is -1.42. The molecule has 4 rings (SSSR count). The van der Waals surface area contributed by atoms with Crippen molar-refractivity contribution in [2.45, 2.75) is 30.6 Å². The number of amides is 1. The number of para-hydroxylation sites is 1. The maximum atomic E-state index is 12.8. The highest BCUT2D eigenvalue weighted by Crippen LogP contribution is 2.31. The van der Waals surface area contributed by atoms with Crippen LogP contribution in [0.5, 0.6) is 5.75 Å². The molecule has 35 heavy (non-hydrogen) atoms. The molecule has 0 aliphatic rings. The molecule has 7 nitrogen and oxygen atoms in total. The van der Waals surface area contributed by atoms with Gasteiger partial charge in [-0.2, -0.15) is 0 Å². The molecule has 2 heterocycles. The van der Waals surface area contributed by atoms with Gasteiger partial charge in [0.05, 0.1) is 10.9 Å². The van der Waals surface area contributed by atoms with Crippen LogP contribution in [0.15, 0.2) is 78.2 Å². The molecule has 0 bridgehead atoms. The summed E-state index contributed by atoms with van der Waals surface area (Å²) in [4.78, 5) is 17.0. The molecule has 0 spiro atoms. The van der Waals surface area contributed by atoms with Crippen molar-refractivity contribution in [1.82, 2.24) is 19.7 Å². The van der Waals surface area contributed by atoms with Crippen molar-refractivity contribution in [3.63, 3.8) is 0 Å². The van der Waals surface area contributed by atoms with Crippen LogP contribution in [0.25, 0.3) is 17.1 Å². The minimum Gasteiger partial charge on any atom is -0.406 e. The Balaban J connectivity index is 1.55. The summed E-state index contributed by atoms with van der Waals surface area (Å²) in [5, 5.41) is 11.3. The van der Waals surface area contributed by atoms with Gasteiger partial charge in [0.15, 0.2) is 11.0 Å². The minimum atomic E-state index is -4.78. The van der Waals surface area contributed by atoms with Crippen LogP contribution in [0.2, 0.25) is 0 Å². The predicted molar refractivity (Wildman–Crippen MR) is 126 cm³/mol. The molecule has 0 saturated heterocycles. The van der Waals surface area contributed by atoms with Crippen LogP contribution in [0.4, 0.5) is 18.9 Å². The highest BCUT2D eigenvalue weighted by Gasteiger charge is 2.31. The molecular formula is C24H20F3N5O2S. The molecule has 1 N–H and O–H groups in total. The average molecular weight is 500 g/mol. The van der Waals surface area contributed by atoms with E-state index in [1.54, 1.807) is 25.4 Å². The predicted octanol–water partition coefficient (Wildman–Crippen LogP) is 5.66. The molecule has 1 atom stereocenters. The smallest absolute Gasteiger partial charge is 0.406 e. The van der Waals surface area contributed by atoms with Gasteiger partial charge in [-0.3, -0.25) is 14.3 Å². The third-order valence-corrected chi connectivity index (χ3v) is 5.96. The van der Waals surface area contributed by atoms with Crippen LogP contribution in [-0.4, -0.2) is 37.3 Å². The largest absolute Gasteiger partial charge is 0.573 e. The number of nitrogens with zero attached hydrogens (tertiary/aromatic N) is 4. The van der Waals surface area contributed by atoms with Gasteiger partial charge >= 0.3 is 6.36 Å². The van der Waals surface area contributed by atoms with E-state index in [-0.39, 0.29) is 11.7 Å². The number of rotatable bonds is 7. The Morgan fingerprint density at radius 1 is 1.06 bits per heavy atom. The van der Waals surface area contributed by atoms with Gasteiger partial charge in [0.1, 0.15) is 5.75 Å². The van der Waals surface area contributed by atoms with Crippen molar-refractivity contribution in [2.75, 3.05) is 5.32 Å². The van der Waals surface area contributed by atoms with Crippen LogP contribution >= 0.6 is 11.8 Å². The summed E-state index contributed by atoms with van der Waals surface area (Å²) < 4.78 is 42.8. The van der Waals surface area contributed by atoms with Crippen LogP contribution in [0, 0.1) is 6.92 Å². The van der Waals surface area contributed by atoms with Gasteiger partial charge in [0, 0.05) is 23.6 Å². The molecule has 2 aromatic heterocycles. The summed E-state index contributed by atoms with van der Waals surface area (Å²) in [5.41, 5.74) is 2.98. The van der Waals surface area contributed by atoms with Gasteiger partial charge in [-0.15, -0.1) is 23.4 Å². The molecule has 11 heteroatoms. The topological polar surface area (TPSA) is 81.9 Å². The van der Waals surface area contributed by atoms with Crippen molar-refractivity contribution in [3.05, 3.63) is 78.6 Å². The van der Waals surface area contributed by atoms with E-state index in [0.717, 1.165) is 28.9 Å². The second-order valence-electron chi connectivity index (χ2n) is 7.49. The molecule has 2 aromatic carbocycles. The van der Waals surface area contributed by atoms with E-state index in [1.807, 2.05) is 41.8 Å². The zero-order chi connectivity index (χ0) is 25.0. The number of carbonyl (C=O) groups excluding carboxylic acids is 1. The van der Waals surface area contributed by atoms with Crippen molar-refractivity contribution < 1.29 is 22.7 Å². The highest BCUT2D eigenvalue weighted by molar-refractivity contribution is 8.00.